The van der Waals surface area contributed by atoms with Crippen molar-refractivity contribution in [2.45, 2.75) is 39.7 Å². The van der Waals surface area contributed by atoms with Gasteiger partial charge in [-0.05, 0) is 32.9 Å². The van der Waals surface area contributed by atoms with Crippen LogP contribution in [0.2, 0.25) is 0 Å². The van der Waals surface area contributed by atoms with E-state index in [1.54, 1.807) is 11.2 Å². The quantitative estimate of drug-likeness (QED) is 0.732. The highest BCUT2D eigenvalue weighted by atomic mass is 32.2. The van der Waals surface area contributed by atoms with E-state index >= 15 is 0 Å². The third-order valence-electron chi connectivity index (χ3n) is 3.51. The van der Waals surface area contributed by atoms with Gasteiger partial charge in [-0.25, -0.2) is 12.7 Å². The molecular formula is C11H24N2O2S. The molecule has 1 heterocycles. The van der Waals surface area contributed by atoms with E-state index in [1.807, 2.05) is 0 Å². The van der Waals surface area contributed by atoms with Crippen molar-refractivity contribution in [2.75, 3.05) is 31.9 Å². The first-order valence-corrected chi connectivity index (χ1v) is 7.87. The zero-order chi connectivity index (χ0) is 12.2. The lowest BCUT2D eigenvalue weighted by atomic mass is 10.1. The van der Waals surface area contributed by atoms with Crippen LogP contribution in [0.5, 0.6) is 0 Å². The Balaban J connectivity index is 2.51. The van der Waals surface area contributed by atoms with Crippen molar-refractivity contribution < 1.29 is 8.42 Å². The van der Waals surface area contributed by atoms with Crippen LogP contribution in [0, 0.1) is 0 Å². The first kappa shape index (κ1) is 13.9. The third-order valence-corrected chi connectivity index (χ3v) is 5.39. The van der Waals surface area contributed by atoms with Gasteiger partial charge in [-0.1, -0.05) is 13.8 Å². The second kappa shape index (κ2) is 5.98. The standard InChI is InChI=1S/C11H24N2O2S/c1-4-12(5-2)11-7-9-13(10-8-11)16(14,15)6-3/h11H,4-10H2,1-3H3. The van der Waals surface area contributed by atoms with E-state index in [0.717, 1.165) is 25.9 Å². The number of sulfonamides is 1. The van der Waals surface area contributed by atoms with Gasteiger partial charge in [0.1, 0.15) is 0 Å². The maximum absolute atomic E-state index is 11.7. The molecule has 0 N–H and O–H groups in total. The SMILES string of the molecule is CCN(CC)C1CCN(S(=O)(=O)CC)CC1. The minimum Gasteiger partial charge on any atom is -0.301 e. The summed E-state index contributed by atoms with van der Waals surface area (Å²) in [6.07, 6.45) is 1.95. The highest BCUT2D eigenvalue weighted by Gasteiger charge is 2.28. The van der Waals surface area contributed by atoms with Crippen LogP contribution < -0.4 is 0 Å². The van der Waals surface area contributed by atoms with E-state index in [9.17, 15) is 8.42 Å². The Morgan fingerprint density at radius 1 is 1.12 bits per heavy atom. The monoisotopic (exact) mass is 248 g/mol. The molecule has 1 aliphatic heterocycles. The van der Waals surface area contributed by atoms with E-state index in [2.05, 4.69) is 18.7 Å². The van der Waals surface area contributed by atoms with Crippen LogP contribution in [0.1, 0.15) is 33.6 Å². The third kappa shape index (κ3) is 3.18. The zero-order valence-electron chi connectivity index (χ0n) is 10.6. The molecule has 0 aromatic heterocycles. The molecule has 0 atom stereocenters. The van der Waals surface area contributed by atoms with Crippen LogP contribution >= 0.6 is 0 Å². The van der Waals surface area contributed by atoms with E-state index in [0.29, 0.717) is 19.1 Å². The van der Waals surface area contributed by atoms with Crippen molar-refractivity contribution in [3.63, 3.8) is 0 Å². The van der Waals surface area contributed by atoms with Crippen LogP contribution in [-0.4, -0.2) is 55.6 Å². The Labute approximate surface area is 99.7 Å². The van der Waals surface area contributed by atoms with Crippen LogP contribution in [0.3, 0.4) is 0 Å². The summed E-state index contributed by atoms with van der Waals surface area (Å²) in [5.74, 6) is 0.225. The van der Waals surface area contributed by atoms with Crippen molar-refractivity contribution in [1.29, 1.82) is 0 Å². The summed E-state index contributed by atoms with van der Waals surface area (Å²) in [6.45, 7) is 9.54. The van der Waals surface area contributed by atoms with Gasteiger partial charge in [-0.2, -0.15) is 0 Å². The Hall–Kier alpha value is -0.130. The zero-order valence-corrected chi connectivity index (χ0v) is 11.5. The first-order valence-electron chi connectivity index (χ1n) is 6.27. The highest BCUT2D eigenvalue weighted by molar-refractivity contribution is 7.89. The Kier molecular flexibility index (Phi) is 5.21. The normalized spacial score (nSPS) is 20.5. The average molecular weight is 248 g/mol. The number of hydrogen-bond donors (Lipinski definition) is 0. The highest BCUT2D eigenvalue weighted by Crippen LogP contribution is 2.18. The van der Waals surface area contributed by atoms with E-state index in [-0.39, 0.29) is 5.75 Å². The fourth-order valence-electron chi connectivity index (χ4n) is 2.41. The molecule has 0 spiro atoms. The summed E-state index contributed by atoms with van der Waals surface area (Å²) in [5.41, 5.74) is 0. The van der Waals surface area contributed by atoms with E-state index in [4.69, 9.17) is 0 Å². The molecule has 1 saturated heterocycles. The van der Waals surface area contributed by atoms with Crippen molar-refractivity contribution in [1.82, 2.24) is 9.21 Å². The van der Waals surface area contributed by atoms with Gasteiger partial charge in [-0.3, -0.25) is 0 Å². The minimum atomic E-state index is -2.97. The van der Waals surface area contributed by atoms with Gasteiger partial charge in [0.25, 0.3) is 0 Å². The van der Waals surface area contributed by atoms with Crippen LogP contribution in [-0.2, 0) is 10.0 Å². The molecule has 0 saturated carbocycles. The van der Waals surface area contributed by atoms with Crippen molar-refractivity contribution in [3.8, 4) is 0 Å². The van der Waals surface area contributed by atoms with Gasteiger partial charge in [0.15, 0.2) is 0 Å². The summed E-state index contributed by atoms with van der Waals surface area (Å²) in [4.78, 5) is 2.43. The summed E-state index contributed by atoms with van der Waals surface area (Å²) >= 11 is 0. The number of piperidine rings is 1. The van der Waals surface area contributed by atoms with Crippen LogP contribution in [0.4, 0.5) is 0 Å². The van der Waals surface area contributed by atoms with E-state index < -0.39 is 10.0 Å². The van der Waals surface area contributed by atoms with Gasteiger partial charge >= 0.3 is 0 Å². The Morgan fingerprint density at radius 2 is 1.62 bits per heavy atom. The molecule has 96 valence electrons. The lowest BCUT2D eigenvalue weighted by Crippen LogP contribution is -2.46. The number of hydrogen-bond acceptors (Lipinski definition) is 3. The second-order valence-electron chi connectivity index (χ2n) is 4.25. The van der Waals surface area contributed by atoms with Crippen molar-refractivity contribution >= 4 is 10.0 Å². The summed E-state index contributed by atoms with van der Waals surface area (Å²) < 4.78 is 25.0. The van der Waals surface area contributed by atoms with Gasteiger partial charge in [-0.15, -0.1) is 0 Å². The topological polar surface area (TPSA) is 40.6 Å². The molecular weight excluding hydrogens is 224 g/mol. The fourth-order valence-corrected chi connectivity index (χ4v) is 3.54. The van der Waals surface area contributed by atoms with Gasteiger partial charge in [0.2, 0.25) is 10.0 Å². The molecule has 0 aliphatic carbocycles. The molecule has 1 aliphatic rings. The summed E-state index contributed by atoms with van der Waals surface area (Å²) in [6, 6.07) is 0.568. The predicted octanol–water partition coefficient (Wildman–Crippen LogP) is 1.14. The lowest BCUT2D eigenvalue weighted by molar-refractivity contribution is 0.152. The molecule has 4 nitrogen and oxygen atoms in total. The molecule has 0 aromatic carbocycles. The molecule has 1 fully saturated rings. The first-order chi connectivity index (χ1) is 7.55. The van der Waals surface area contributed by atoms with Crippen molar-refractivity contribution in [2.24, 2.45) is 0 Å². The number of nitrogens with zero attached hydrogens (tertiary/aromatic N) is 2. The molecule has 0 unspecified atom stereocenters. The molecule has 5 heteroatoms. The minimum absolute atomic E-state index is 0.225. The average Bonchev–Trinajstić information content (AvgIpc) is 2.31. The Morgan fingerprint density at radius 3 is 2.00 bits per heavy atom. The van der Waals surface area contributed by atoms with Gasteiger partial charge in [0, 0.05) is 19.1 Å². The smallest absolute Gasteiger partial charge is 0.213 e. The predicted molar refractivity (Wildman–Crippen MR) is 67.0 cm³/mol. The lowest BCUT2D eigenvalue weighted by Gasteiger charge is -2.36. The van der Waals surface area contributed by atoms with E-state index in [1.165, 1.54) is 0 Å². The molecule has 1 rings (SSSR count). The van der Waals surface area contributed by atoms with Gasteiger partial charge in [0.05, 0.1) is 5.75 Å². The second-order valence-corrected chi connectivity index (χ2v) is 6.51. The number of rotatable bonds is 5. The van der Waals surface area contributed by atoms with Gasteiger partial charge < -0.3 is 4.90 Å². The molecule has 0 radical (unpaired) electrons. The largest absolute Gasteiger partial charge is 0.301 e. The molecule has 0 bridgehead atoms. The maximum Gasteiger partial charge on any atom is 0.213 e. The van der Waals surface area contributed by atoms with Crippen LogP contribution in [0.25, 0.3) is 0 Å². The maximum atomic E-state index is 11.7. The molecule has 16 heavy (non-hydrogen) atoms. The Bertz CT molecular complexity index is 291. The molecule has 0 aromatic rings. The summed E-state index contributed by atoms with van der Waals surface area (Å²) in [7, 11) is -2.97. The van der Waals surface area contributed by atoms with Crippen molar-refractivity contribution in [3.05, 3.63) is 0 Å². The molecule has 0 amide bonds. The van der Waals surface area contributed by atoms with Crippen LogP contribution in [0.15, 0.2) is 0 Å². The summed E-state index contributed by atoms with van der Waals surface area (Å²) in [5, 5.41) is 0. The fraction of sp³-hybridized carbons (Fsp3) is 1.00.